The molecule has 0 bridgehead atoms. The largest absolute Gasteiger partial charge is 0.510 e. The van der Waals surface area contributed by atoms with Gasteiger partial charge in [0, 0.05) is 11.8 Å². The Labute approximate surface area is 220 Å². The van der Waals surface area contributed by atoms with Gasteiger partial charge >= 0.3 is 48.2 Å². The minimum atomic E-state index is -6.58. The lowest BCUT2D eigenvalue weighted by atomic mass is 9.66. The summed E-state index contributed by atoms with van der Waals surface area (Å²) in [6.07, 6.45) is -37.1. The molecule has 1 fully saturated rings. The maximum absolute atomic E-state index is 14.1. The second-order valence-electron chi connectivity index (χ2n) is 11.2. The van der Waals surface area contributed by atoms with Crippen LogP contribution in [0.1, 0.15) is 67.2 Å². The Kier molecular flexibility index (Phi) is 9.68. The van der Waals surface area contributed by atoms with Crippen LogP contribution >= 0.6 is 0 Å². The van der Waals surface area contributed by atoms with Gasteiger partial charge < -0.3 is 18.9 Å². The number of rotatable bonds is 4. The summed E-state index contributed by atoms with van der Waals surface area (Å²) < 4.78 is 186. The summed E-state index contributed by atoms with van der Waals surface area (Å²) >= 11 is 0. The highest BCUT2D eigenvalue weighted by atomic mass is 19.4. The lowest BCUT2D eigenvalue weighted by Gasteiger charge is -2.48. The van der Waals surface area contributed by atoms with Crippen molar-refractivity contribution in [2.24, 2.45) is 11.8 Å². The van der Waals surface area contributed by atoms with Crippen LogP contribution in [-0.4, -0.2) is 59.4 Å². The van der Waals surface area contributed by atoms with Gasteiger partial charge in [0.05, 0.1) is 0 Å². The van der Waals surface area contributed by atoms with Crippen molar-refractivity contribution < 1.29 is 81.2 Å². The van der Waals surface area contributed by atoms with Crippen LogP contribution in [0.4, 0.5) is 62.3 Å². The molecule has 2 atom stereocenters. The van der Waals surface area contributed by atoms with E-state index < -0.39 is 96.9 Å². The molecule has 0 amide bonds. The van der Waals surface area contributed by atoms with Crippen molar-refractivity contribution in [2.45, 2.75) is 114 Å². The predicted octanol–water partition coefficient (Wildman–Crippen LogP) is 8.42. The van der Waals surface area contributed by atoms with E-state index in [1.807, 2.05) is 0 Å². The quantitative estimate of drug-likeness (QED) is 0.233. The maximum Gasteiger partial charge on any atom is 0.510 e. The van der Waals surface area contributed by atoms with Crippen molar-refractivity contribution in [3.05, 3.63) is 0 Å². The van der Waals surface area contributed by atoms with Crippen LogP contribution < -0.4 is 0 Å². The summed E-state index contributed by atoms with van der Waals surface area (Å²) in [7, 11) is 0. The van der Waals surface area contributed by atoms with Crippen LogP contribution in [0, 0.1) is 11.8 Å². The topological polar surface area (TPSA) is 71.1 Å². The van der Waals surface area contributed by atoms with Gasteiger partial charge in [0.25, 0.3) is 0 Å². The first-order chi connectivity index (χ1) is 17.4. The van der Waals surface area contributed by atoms with Crippen molar-refractivity contribution in [3.63, 3.8) is 0 Å². The first-order valence-corrected chi connectivity index (χ1v) is 11.5. The van der Waals surface area contributed by atoms with Crippen LogP contribution in [0.3, 0.4) is 0 Å². The Morgan fingerprint density at radius 1 is 0.500 bits per heavy atom. The number of carbonyl (C=O) groups excluding carboxylic acids is 2. The average Bonchev–Trinajstić information content (AvgIpc) is 2.63. The molecule has 1 rings (SSSR count). The number of halogens is 12. The molecule has 18 heteroatoms. The summed E-state index contributed by atoms with van der Waals surface area (Å²) in [4.78, 5) is 24.0. The highest BCUT2D eigenvalue weighted by Crippen LogP contribution is 2.60. The highest BCUT2D eigenvalue weighted by Gasteiger charge is 2.82. The standard InChI is InChI=1S/C22H28F12O6/c1-15(2,3)37-13(35)39-17(19(23,24)25,20(26,27)28)11-8-7-9-12(10-11)18(21(29,30)31,22(32,33)34)40-14(36)38-16(4,5)6/h11-12H,7-10H2,1-6H3. The van der Waals surface area contributed by atoms with Crippen molar-refractivity contribution in [2.75, 3.05) is 0 Å². The van der Waals surface area contributed by atoms with E-state index in [0.29, 0.717) is 0 Å². The third-order valence-corrected chi connectivity index (χ3v) is 5.78. The molecule has 0 saturated heterocycles. The average molecular weight is 616 g/mol. The van der Waals surface area contributed by atoms with Crippen LogP contribution in [0.25, 0.3) is 0 Å². The molecule has 1 saturated carbocycles. The monoisotopic (exact) mass is 616 g/mol. The van der Waals surface area contributed by atoms with Crippen LogP contribution in [0.15, 0.2) is 0 Å². The van der Waals surface area contributed by atoms with E-state index >= 15 is 0 Å². The molecule has 236 valence electrons. The Hall–Kier alpha value is -2.30. The minimum Gasteiger partial charge on any atom is -0.429 e. The fourth-order valence-electron chi connectivity index (χ4n) is 4.38. The van der Waals surface area contributed by atoms with E-state index in [-0.39, 0.29) is 0 Å². The van der Waals surface area contributed by atoms with Gasteiger partial charge in [-0.25, -0.2) is 9.59 Å². The summed E-state index contributed by atoms with van der Waals surface area (Å²) in [5, 5.41) is 0. The van der Waals surface area contributed by atoms with E-state index in [1.54, 1.807) is 0 Å². The van der Waals surface area contributed by atoms with E-state index in [2.05, 4.69) is 18.9 Å². The molecule has 0 N–H and O–H groups in total. The van der Waals surface area contributed by atoms with E-state index in [0.717, 1.165) is 41.5 Å². The molecule has 0 radical (unpaired) electrons. The Morgan fingerprint density at radius 3 is 0.950 bits per heavy atom. The number of carbonyl (C=O) groups is 2. The zero-order valence-corrected chi connectivity index (χ0v) is 22.0. The Morgan fingerprint density at radius 2 is 0.750 bits per heavy atom. The van der Waals surface area contributed by atoms with Gasteiger partial charge in [0.15, 0.2) is 0 Å². The molecular weight excluding hydrogens is 588 g/mol. The minimum absolute atomic E-state index is 1.04. The number of ether oxygens (including phenoxy) is 4. The van der Waals surface area contributed by atoms with Gasteiger partial charge in [-0.05, 0) is 60.8 Å². The highest BCUT2D eigenvalue weighted by molar-refractivity contribution is 5.62. The SMILES string of the molecule is CC(C)(C)OC(=O)OC(C1CCCC(C(OC(=O)OC(C)(C)C)(C(F)(F)F)C(F)(F)F)C1)(C(F)(F)F)C(F)(F)F. The molecule has 0 aromatic carbocycles. The zero-order valence-electron chi connectivity index (χ0n) is 22.0. The molecule has 2 unspecified atom stereocenters. The van der Waals surface area contributed by atoms with Gasteiger partial charge in [0.1, 0.15) is 11.2 Å². The molecule has 0 aromatic rings. The van der Waals surface area contributed by atoms with Crippen LogP contribution in [0.5, 0.6) is 0 Å². The number of hydrogen-bond donors (Lipinski definition) is 0. The fourth-order valence-corrected chi connectivity index (χ4v) is 4.38. The third kappa shape index (κ3) is 7.50. The summed E-state index contributed by atoms with van der Waals surface area (Å²) in [5.74, 6) is -6.46. The Balaban J connectivity index is 3.81. The normalized spacial score (nSPS) is 20.6. The van der Waals surface area contributed by atoms with Crippen molar-refractivity contribution >= 4 is 12.3 Å². The number of alkyl halides is 12. The smallest absolute Gasteiger partial charge is 0.429 e. The van der Waals surface area contributed by atoms with Crippen molar-refractivity contribution in [1.29, 1.82) is 0 Å². The summed E-state index contributed by atoms with van der Waals surface area (Å²) in [6, 6.07) is 0. The van der Waals surface area contributed by atoms with Gasteiger partial charge in [-0.1, -0.05) is 6.42 Å². The van der Waals surface area contributed by atoms with Crippen LogP contribution in [0.2, 0.25) is 0 Å². The van der Waals surface area contributed by atoms with E-state index in [4.69, 9.17) is 0 Å². The summed E-state index contributed by atoms with van der Waals surface area (Å²) in [5.41, 5.74) is -14.5. The predicted molar refractivity (Wildman–Crippen MR) is 110 cm³/mol. The lowest BCUT2D eigenvalue weighted by molar-refractivity contribution is -0.403. The van der Waals surface area contributed by atoms with Crippen molar-refractivity contribution in [3.8, 4) is 0 Å². The molecule has 0 aromatic heterocycles. The van der Waals surface area contributed by atoms with E-state index in [1.165, 1.54) is 0 Å². The second-order valence-corrected chi connectivity index (χ2v) is 11.2. The van der Waals surface area contributed by atoms with E-state index in [9.17, 15) is 62.3 Å². The zero-order chi connectivity index (χ0) is 32.0. The first-order valence-electron chi connectivity index (χ1n) is 11.5. The maximum atomic E-state index is 14.1. The molecule has 6 nitrogen and oxygen atoms in total. The van der Waals surface area contributed by atoms with Gasteiger partial charge in [-0.2, -0.15) is 52.7 Å². The molecule has 0 aliphatic heterocycles. The lowest BCUT2D eigenvalue weighted by Crippen LogP contribution is -2.68. The molecular formula is C22H28F12O6. The molecule has 0 spiro atoms. The third-order valence-electron chi connectivity index (χ3n) is 5.78. The number of hydrogen-bond acceptors (Lipinski definition) is 6. The molecule has 40 heavy (non-hydrogen) atoms. The second kappa shape index (κ2) is 10.8. The first kappa shape index (κ1) is 35.7. The molecule has 0 heterocycles. The van der Waals surface area contributed by atoms with Gasteiger partial charge in [-0.3, -0.25) is 0 Å². The Bertz CT molecular complexity index is 806. The fraction of sp³-hybridized carbons (Fsp3) is 0.909. The van der Waals surface area contributed by atoms with Gasteiger partial charge in [-0.15, -0.1) is 0 Å². The van der Waals surface area contributed by atoms with Gasteiger partial charge in [0.2, 0.25) is 0 Å². The molecule has 1 aliphatic rings. The summed E-state index contributed by atoms with van der Waals surface area (Å²) in [6.45, 7) is 6.27. The van der Waals surface area contributed by atoms with Crippen LogP contribution in [-0.2, 0) is 18.9 Å². The molecule has 1 aliphatic carbocycles. The van der Waals surface area contributed by atoms with Crippen molar-refractivity contribution in [1.82, 2.24) is 0 Å².